The Hall–Kier alpha value is -1.24. The first-order valence-electron chi connectivity index (χ1n) is 21.1. The topological polar surface area (TPSA) is 506 Å². The quantitative estimate of drug-likeness (QED) is 0.0683. The maximum Gasteiger partial charge on any atom is 0.187 e. The van der Waals surface area contributed by atoms with Crippen molar-refractivity contribution < 1.29 is 154 Å². The molecule has 30 atom stereocenters. The third-order valence-corrected chi connectivity index (χ3v) is 12.4. The Bertz CT molecular complexity index is 1510. The lowest BCUT2D eigenvalue weighted by Gasteiger charge is -2.50. The minimum Gasteiger partial charge on any atom is -0.394 e. The second kappa shape index (κ2) is 23.5. The standard InChI is InChI=1S/C36H62O31/c37-1-7-13(43)19(49)20(50)32(58-7)64-27-15(45)9(3-39)60-34(22(27)52)66-29-17(47)11(5-41)62-36(24(29)54)67-30-18(48)12(6-42)61-35(25(30)55)65-28-16(46)10(4-40)59-33(23(28)53)63-26-14(44)8(2-38)57-31(56)21(26)51/h7-56H,1-6H2/t7-,8-,9-,10-,11-,12-,13-,14-,15-,16-,17-,18-,19+,20+,21+,22+,23+,24+,25+,26+,27+,28+,29+,30+,31?,32?,33?,34?,35?,36?/m1/s1. The fourth-order valence-electron chi connectivity index (χ4n) is 8.49. The van der Waals surface area contributed by atoms with E-state index in [4.69, 9.17) is 52.1 Å². The second-order valence-electron chi connectivity index (χ2n) is 16.8. The Morgan fingerprint density at radius 1 is 0.224 bits per heavy atom. The van der Waals surface area contributed by atoms with Crippen LogP contribution in [0.25, 0.3) is 0 Å². The largest absolute Gasteiger partial charge is 0.394 e. The van der Waals surface area contributed by atoms with Crippen molar-refractivity contribution >= 4 is 0 Å². The van der Waals surface area contributed by atoms with Gasteiger partial charge in [-0.15, -0.1) is 0 Å². The van der Waals surface area contributed by atoms with Gasteiger partial charge in [-0.2, -0.15) is 0 Å². The lowest BCUT2D eigenvalue weighted by atomic mass is 9.95. The molecule has 0 radical (unpaired) electrons. The van der Waals surface area contributed by atoms with E-state index in [-0.39, 0.29) is 0 Å². The Labute approximate surface area is 378 Å². The van der Waals surface area contributed by atoms with E-state index in [1.807, 2.05) is 0 Å². The van der Waals surface area contributed by atoms with Crippen LogP contribution in [0.2, 0.25) is 0 Å². The van der Waals surface area contributed by atoms with Gasteiger partial charge in [-0.05, 0) is 0 Å². The van der Waals surface area contributed by atoms with Crippen LogP contribution in [0, 0.1) is 0 Å². The van der Waals surface area contributed by atoms with Crippen molar-refractivity contribution in [1.82, 2.24) is 0 Å². The molecule has 0 bridgehead atoms. The number of aliphatic hydroxyl groups excluding tert-OH is 20. The number of ether oxygens (including phenoxy) is 11. The van der Waals surface area contributed by atoms with Crippen molar-refractivity contribution in [2.75, 3.05) is 39.6 Å². The molecule has 6 fully saturated rings. The molecule has 392 valence electrons. The van der Waals surface area contributed by atoms with Crippen molar-refractivity contribution in [3.63, 3.8) is 0 Å². The van der Waals surface area contributed by atoms with Crippen molar-refractivity contribution in [3.05, 3.63) is 0 Å². The van der Waals surface area contributed by atoms with E-state index in [0.717, 1.165) is 0 Å². The summed E-state index contributed by atoms with van der Waals surface area (Å²) in [7, 11) is 0. The number of hydrogen-bond acceptors (Lipinski definition) is 31. The van der Waals surface area contributed by atoms with E-state index in [1.165, 1.54) is 0 Å². The SMILES string of the molecule is OC[C@H]1OC(O[C@H]2[C@H](O)[C@@H](CO)OC(O[C@H]3[C@H](O)[C@@H](CO)OC(O[C@H]4[C@H](O)[C@@H](CO)OC(O[C@H]5[C@H](O)[C@@H](CO)OC(O[C@H]6[C@H](O)[C@@H](CO)OC(O)[C@H]6O)[C@H]5O)[C@H]4O)[C@H]3O)[C@H]2O)[C@@H](O)[C@@H](O)[C@@H]1O. The lowest BCUT2D eigenvalue weighted by Crippen LogP contribution is -2.68. The first-order chi connectivity index (χ1) is 31.8. The zero-order chi connectivity index (χ0) is 49.3. The van der Waals surface area contributed by atoms with Gasteiger partial charge in [0.25, 0.3) is 0 Å². The third-order valence-electron chi connectivity index (χ3n) is 12.4. The van der Waals surface area contributed by atoms with Gasteiger partial charge < -0.3 is 154 Å². The highest BCUT2D eigenvalue weighted by Crippen LogP contribution is 2.37. The van der Waals surface area contributed by atoms with Gasteiger partial charge in [-0.3, -0.25) is 0 Å². The number of hydrogen-bond donors (Lipinski definition) is 20. The summed E-state index contributed by atoms with van der Waals surface area (Å²) in [6, 6.07) is 0. The third kappa shape index (κ3) is 11.2. The van der Waals surface area contributed by atoms with Crippen LogP contribution >= 0.6 is 0 Å². The molecule has 6 aliphatic heterocycles. The second-order valence-corrected chi connectivity index (χ2v) is 16.8. The van der Waals surface area contributed by atoms with Gasteiger partial charge in [0.05, 0.1) is 39.6 Å². The molecule has 0 spiro atoms. The number of aliphatic hydroxyl groups is 20. The van der Waals surface area contributed by atoms with Crippen LogP contribution in [-0.4, -0.2) is 326 Å². The van der Waals surface area contributed by atoms with E-state index in [2.05, 4.69) is 0 Å². The normalized spacial score (nSPS) is 53.4. The first kappa shape index (κ1) is 55.1. The predicted molar refractivity (Wildman–Crippen MR) is 199 cm³/mol. The smallest absolute Gasteiger partial charge is 0.187 e. The summed E-state index contributed by atoms with van der Waals surface area (Å²) in [5, 5.41) is 211. The van der Waals surface area contributed by atoms with Gasteiger partial charge >= 0.3 is 0 Å². The summed E-state index contributed by atoms with van der Waals surface area (Å²) in [6.07, 6.45) is -58.5. The summed E-state index contributed by atoms with van der Waals surface area (Å²) in [5.41, 5.74) is 0. The molecule has 0 amide bonds. The maximum absolute atomic E-state index is 11.5. The molecule has 0 aromatic rings. The summed E-state index contributed by atoms with van der Waals surface area (Å²) in [5.74, 6) is 0. The lowest BCUT2D eigenvalue weighted by molar-refractivity contribution is -0.398. The highest BCUT2D eigenvalue weighted by atomic mass is 16.8. The van der Waals surface area contributed by atoms with Crippen molar-refractivity contribution in [2.45, 2.75) is 184 Å². The van der Waals surface area contributed by atoms with Gasteiger partial charge in [0, 0.05) is 0 Å². The predicted octanol–water partition coefficient (Wildman–Crippen LogP) is -14.1. The van der Waals surface area contributed by atoms with Gasteiger partial charge in [0.2, 0.25) is 0 Å². The highest BCUT2D eigenvalue weighted by molar-refractivity contribution is 5.00. The van der Waals surface area contributed by atoms with Crippen LogP contribution in [0.15, 0.2) is 0 Å². The van der Waals surface area contributed by atoms with Crippen LogP contribution in [0.1, 0.15) is 0 Å². The molecule has 6 unspecified atom stereocenters. The molecule has 0 aromatic carbocycles. The average Bonchev–Trinajstić information content (AvgIpc) is 3.31. The van der Waals surface area contributed by atoms with E-state index in [9.17, 15) is 102 Å². The van der Waals surface area contributed by atoms with E-state index >= 15 is 0 Å². The van der Waals surface area contributed by atoms with E-state index in [1.54, 1.807) is 0 Å². The minimum absolute atomic E-state index is 0.862. The average molecular weight is 991 g/mol. The fraction of sp³-hybridized carbons (Fsp3) is 1.00. The van der Waals surface area contributed by atoms with Crippen molar-refractivity contribution in [2.24, 2.45) is 0 Å². The maximum atomic E-state index is 11.5. The van der Waals surface area contributed by atoms with Gasteiger partial charge in [-0.25, -0.2) is 0 Å². The van der Waals surface area contributed by atoms with Crippen LogP contribution < -0.4 is 0 Å². The molecule has 20 N–H and O–H groups in total. The zero-order valence-electron chi connectivity index (χ0n) is 35.0. The Balaban J connectivity index is 1.18. The summed E-state index contributed by atoms with van der Waals surface area (Å²) < 4.78 is 60.4. The minimum atomic E-state index is -2.26. The molecule has 0 aliphatic carbocycles. The zero-order valence-corrected chi connectivity index (χ0v) is 35.0. The molecular formula is C36H62O31. The van der Waals surface area contributed by atoms with Crippen molar-refractivity contribution in [1.29, 1.82) is 0 Å². The van der Waals surface area contributed by atoms with Crippen molar-refractivity contribution in [3.8, 4) is 0 Å². The Kier molecular flexibility index (Phi) is 19.4. The first-order valence-corrected chi connectivity index (χ1v) is 21.1. The molecule has 67 heavy (non-hydrogen) atoms. The van der Waals surface area contributed by atoms with E-state index < -0.39 is 224 Å². The summed E-state index contributed by atoms with van der Waals surface area (Å²) in [6.45, 7) is -5.79. The Morgan fingerprint density at radius 3 is 0.687 bits per heavy atom. The molecule has 6 heterocycles. The molecular weight excluding hydrogens is 928 g/mol. The molecule has 6 aliphatic rings. The van der Waals surface area contributed by atoms with Crippen LogP contribution in [0.3, 0.4) is 0 Å². The fourth-order valence-corrected chi connectivity index (χ4v) is 8.49. The van der Waals surface area contributed by atoms with Crippen LogP contribution in [-0.2, 0) is 52.1 Å². The summed E-state index contributed by atoms with van der Waals surface area (Å²) >= 11 is 0. The summed E-state index contributed by atoms with van der Waals surface area (Å²) in [4.78, 5) is 0. The molecule has 31 nitrogen and oxygen atoms in total. The van der Waals surface area contributed by atoms with Crippen LogP contribution in [0.5, 0.6) is 0 Å². The molecule has 0 aromatic heterocycles. The molecule has 6 rings (SSSR count). The van der Waals surface area contributed by atoms with Gasteiger partial charge in [0.1, 0.15) is 146 Å². The monoisotopic (exact) mass is 990 g/mol. The molecule has 0 saturated carbocycles. The molecule has 31 heteroatoms. The Morgan fingerprint density at radius 2 is 0.433 bits per heavy atom. The van der Waals surface area contributed by atoms with Gasteiger partial charge in [0.15, 0.2) is 37.7 Å². The molecule has 6 saturated heterocycles. The number of rotatable bonds is 16. The van der Waals surface area contributed by atoms with Crippen LogP contribution in [0.4, 0.5) is 0 Å². The highest BCUT2D eigenvalue weighted by Gasteiger charge is 2.58. The van der Waals surface area contributed by atoms with Gasteiger partial charge in [-0.1, -0.05) is 0 Å². The van der Waals surface area contributed by atoms with E-state index in [0.29, 0.717) is 0 Å².